The number of pyridine rings is 1. The monoisotopic (exact) mass is 293 g/mol. The van der Waals surface area contributed by atoms with E-state index in [-0.39, 0.29) is 5.91 Å². The first-order chi connectivity index (χ1) is 10.8. The van der Waals surface area contributed by atoms with Crippen molar-refractivity contribution in [2.45, 2.75) is 13.3 Å². The maximum absolute atomic E-state index is 12.3. The van der Waals surface area contributed by atoms with E-state index in [1.165, 1.54) is 18.2 Å². The van der Waals surface area contributed by atoms with Gasteiger partial charge in [0.25, 0.3) is 5.91 Å². The highest BCUT2D eigenvalue weighted by Crippen LogP contribution is 2.12. The Balaban J connectivity index is 1.78. The van der Waals surface area contributed by atoms with Gasteiger partial charge in [0.1, 0.15) is 24.2 Å². The topological polar surface area (TPSA) is 72.7 Å². The number of anilines is 1. The minimum Gasteiger partial charge on any atom is -0.321 e. The fourth-order valence-electron chi connectivity index (χ4n) is 2.03. The second-order valence-corrected chi connectivity index (χ2v) is 4.75. The highest BCUT2D eigenvalue weighted by atomic mass is 16.1. The molecule has 22 heavy (non-hydrogen) atoms. The van der Waals surface area contributed by atoms with Crippen molar-refractivity contribution in [1.82, 2.24) is 19.7 Å². The Hall–Kier alpha value is -3.02. The summed E-state index contributed by atoms with van der Waals surface area (Å²) in [6.07, 6.45) is 4.04. The third kappa shape index (κ3) is 3.01. The standard InChI is InChI=1S/C16H15N5O/c1-2-12-6-8-13(9-7-12)19-16(22)14-4-3-5-15(20-14)21-10-17-18-11-21/h3-11H,2H2,1H3,(H,19,22). The lowest BCUT2D eigenvalue weighted by Crippen LogP contribution is -2.14. The predicted octanol–water partition coefficient (Wildman–Crippen LogP) is 2.48. The molecule has 110 valence electrons. The summed E-state index contributed by atoms with van der Waals surface area (Å²) in [6.45, 7) is 2.09. The average molecular weight is 293 g/mol. The fourth-order valence-corrected chi connectivity index (χ4v) is 2.03. The Kier molecular flexibility index (Phi) is 3.91. The lowest BCUT2D eigenvalue weighted by molar-refractivity contribution is 0.102. The Morgan fingerprint density at radius 3 is 2.50 bits per heavy atom. The number of aryl methyl sites for hydroxylation is 1. The molecule has 0 aliphatic carbocycles. The van der Waals surface area contributed by atoms with Gasteiger partial charge < -0.3 is 5.32 Å². The van der Waals surface area contributed by atoms with Crippen molar-refractivity contribution < 1.29 is 4.79 Å². The molecule has 1 aromatic carbocycles. The number of nitrogens with zero attached hydrogens (tertiary/aromatic N) is 4. The first kappa shape index (κ1) is 13.9. The third-order valence-corrected chi connectivity index (χ3v) is 3.27. The zero-order valence-electron chi connectivity index (χ0n) is 12.1. The van der Waals surface area contributed by atoms with E-state index in [1.807, 2.05) is 24.3 Å². The molecule has 0 fully saturated rings. The molecule has 3 rings (SSSR count). The molecule has 1 N–H and O–H groups in total. The van der Waals surface area contributed by atoms with Gasteiger partial charge in [0.05, 0.1) is 0 Å². The van der Waals surface area contributed by atoms with E-state index < -0.39 is 0 Å². The number of amides is 1. The number of carbonyl (C=O) groups is 1. The second kappa shape index (κ2) is 6.17. The maximum Gasteiger partial charge on any atom is 0.274 e. The molecular weight excluding hydrogens is 278 g/mol. The van der Waals surface area contributed by atoms with E-state index in [0.717, 1.165) is 12.1 Å². The van der Waals surface area contributed by atoms with E-state index in [2.05, 4.69) is 27.4 Å². The van der Waals surface area contributed by atoms with Crippen LogP contribution in [0, 0.1) is 0 Å². The van der Waals surface area contributed by atoms with Crippen molar-refractivity contribution in [3.05, 3.63) is 66.4 Å². The Labute approximate surface area is 127 Å². The number of carbonyl (C=O) groups excluding carboxylic acids is 1. The van der Waals surface area contributed by atoms with Gasteiger partial charge in [0.15, 0.2) is 0 Å². The van der Waals surface area contributed by atoms with E-state index in [1.54, 1.807) is 22.8 Å². The molecule has 2 aromatic heterocycles. The van der Waals surface area contributed by atoms with E-state index in [9.17, 15) is 4.79 Å². The van der Waals surface area contributed by atoms with Crippen LogP contribution in [0.4, 0.5) is 5.69 Å². The van der Waals surface area contributed by atoms with Gasteiger partial charge in [-0.1, -0.05) is 25.1 Å². The smallest absolute Gasteiger partial charge is 0.274 e. The van der Waals surface area contributed by atoms with E-state index in [0.29, 0.717) is 11.5 Å². The van der Waals surface area contributed by atoms with Crippen molar-refractivity contribution in [3.8, 4) is 5.82 Å². The summed E-state index contributed by atoms with van der Waals surface area (Å²) in [6, 6.07) is 13.0. The molecule has 6 nitrogen and oxygen atoms in total. The molecule has 2 heterocycles. The summed E-state index contributed by atoms with van der Waals surface area (Å²) in [5.41, 5.74) is 2.31. The number of hydrogen-bond donors (Lipinski definition) is 1. The SMILES string of the molecule is CCc1ccc(NC(=O)c2cccc(-n3cnnc3)n2)cc1. The van der Waals surface area contributed by atoms with E-state index >= 15 is 0 Å². The van der Waals surface area contributed by atoms with Crippen LogP contribution in [0.15, 0.2) is 55.1 Å². The fraction of sp³-hybridized carbons (Fsp3) is 0.125. The highest BCUT2D eigenvalue weighted by molar-refractivity contribution is 6.02. The molecule has 3 aromatic rings. The third-order valence-electron chi connectivity index (χ3n) is 3.27. The molecule has 0 aliphatic heterocycles. The molecule has 0 bridgehead atoms. The molecule has 0 spiro atoms. The van der Waals surface area contributed by atoms with Crippen LogP contribution in [-0.4, -0.2) is 25.7 Å². The van der Waals surface area contributed by atoms with Gasteiger partial charge in [-0.2, -0.15) is 0 Å². The maximum atomic E-state index is 12.3. The highest BCUT2D eigenvalue weighted by Gasteiger charge is 2.09. The first-order valence-corrected chi connectivity index (χ1v) is 6.98. The van der Waals surface area contributed by atoms with Gasteiger partial charge in [-0.05, 0) is 36.2 Å². The minimum atomic E-state index is -0.251. The van der Waals surface area contributed by atoms with Gasteiger partial charge in [-0.15, -0.1) is 10.2 Å². The van der Waals surface area contributed by atoms with Crippen molar-refractivity contribution in [2.75, 3.05) is 5.32 Å². The van der Waals surface area contributed by atoms with Gasteiger partial charge in [-0.25, -0.2) is 4.98 Å². The van der Waals surface area contributed by atoms with Crippen molar-refractivity contribution >= 4 is 11.6 Å². The Morgan fingerprint density at radius 1 is 1.09 bits per heavy atom. The lowest BCUT2D eigenvalue weighted by atomic mass is 10.1. The summed E-state index contributed by atoms with van der Waals surface area (Å²) < 4.78 is 1.65. The van der Waals surface area contributed by atoms with Gasteiger partial charge in [0, 0.05) is 5.69 Å². The predicted molar refractivity (Wildman–Crippen MR) is 82.9 cm³/mol. The zero-order valence-corrected chi connectivity index (χ0v) is 12.1. The van der Waals surface area contributed by atoms with Crippen LogP contribution >= 0.6 is 0 Å². The van der Waals surface area contributed by atoms with Crippen LogP contribution in [0.5, 0.6) is 0 Å². The van der Waals surface area contributed by atoms with Crippen LogP contribution in [0.2, 0.25) is 0 Å². The molecule has 0 radical (unpaired) electrons. The Morgan fingerprint density at radius 2 is 1.82 bits per heavy atom. The minimum absolute atomic E-state index is 0.251. The van der Waals surface area contributed by atoms with E-state index in [4.69, 9.17) is 0 Å². The zero-order chi connectivity index (χ0) is 15.4. The van der Waals surface area contributed by atoms with Crippen LogP contribution in [0.1, 0.15) is 23.0 Å². The van der Waals surface area contributed by atoms with Crippen molar-refractivity contribution in [1.29, 1.82) is 0 Å². The summed E-state index contributed by atoms with van der Waals surface area (Å²) in [4.78, 5) is 16.6. The average Bonchev–Trinajstić information content (AvgIpc) is 3.10. The van der Waals surface area contributed by atoms with Gasteiger partial charge in [-0.3, -0.25) is 9.36 Å². The summed E-state index contributed by atoms with van der Waals surface area (Å²) in [5.74, 6) is 0.346. The summed E-state index contributed by atoms with van der Waals surface area (Å²) in [7, 11) is 0. The lowest BCUT2D eigenvalue weighted by Gasteiger charge is -2.07. The van der Waals surface area contributed by atoms with Crippen molar-refractivity contribution in [3.63, 3.8) is 0 Å². The van der Waals surface area contributed by atoms with Crippen LogP contribution in [-0.2, 0) is 6.42 Å². The van der Waals surface area contributed by atoms with Crippen LogP contribution in [0.25, 0.3) is 5.82 Å². The first-order valence-electron chi connectivity index (χ1n) is 6.98. The molecule has 0 saturated carbocycles. The van der Waals surface area contributed by atoms with Crippen molar-refractivity contribution in [2.24, 2.45) is 0 Å². The summed E-state index contributed by atoms with van der Waals surface area (Å²) >= 11 is 0. The molecule has 0 saturated heterocycles. The van der Waals surface area contributed by atoms with Crippen LogP contribution in [0.3, 0.4) is 0 Å². The van der Waals surface area contributed by atoms with Crippen LogP contribution < -0.4 is 5.32 Å². The molecule has 0 unspecified atom stereocenters. The molecule has 6 heteroatoms. The normalized spacial score (nSPS) is 10.4. The largest absolute Gasteiger partial charge is 0.321 e. The number of hydrogen-bond acceptors (Lipinski definition) is 4. The second-order valence-electron chi connectivity index (χ2n) is 4.75. The number of aromatic nitrogens is 4. The van der Waals surface area contributed by atoms with Gasteiger partial charge >= 0.3 is 0 Å². The number of rotatable bonds is 4. The molecule has 0 atom stereocenters. The quantitative estimate of drug-likeness (QED) is 0.802. The number of benzene rings is 1. The molecule has 0 aliphatic rings. The Bertz CT molecular complexity index is 765. The van der Waals surface area contributed by atoms with Gasteiger partial charge in [0.2, 0.25) is 0 Å². The molecule has 1 amide bonds. The summed E-state index contributed by atoms with van der Waals surface area (Å²) in [5, 5.41) is 10.3. The number of nitrogens with one attached hydrogen (secondary N) is 1. The molecular formula is C16H15N5O.